The van der Waals surface area contributed by atoms with Crippen LogP contribution in [0.5, 0.6) is 0 Å². The van der Waals surface area contributed by atoms with Gasteiger partial charge in [-0.05, 0) is 13.8 Å². The van der Waals surface area contributed by atoms with Crippen molar-refractivity contribution in [3.63, 3.8) is 0 Å². The molecule has 1 rings (SSSR count). The Hall–Kier alpha value is -1.01. The van der Waals surface area contributed by atoms with Crippen molar-refractivity contribution < 1.29 is 23.8 Å². The molecule has 1 aliphatic heterocycles. The number of thioether (sulfide) groups is 1. The van der Waals surface area contributed by atoms with Gasteiger partial charge in [-0.1, -0.05) is 11.8 Å². The maximum atomic E-state index is 11.7. The fourth-order valence-corrected chi connectivity index (χ4v) is 2.61. The van der Waals surface area contributed by atoms with Gasteiger partial charge in [0.2, 0.25) is 5.12 Å². The van der Waals surface area contributed by atoms with E-state index in [0.29, 0.717) is 11.3 Å². The van der Waals surface area contributed by atoms with Gasteiger partial charge in [-0.25, -0.2) is 0 Å². The first kappa shape index (κ1) is 14.1. The van der Waals surface area contributed by atoms with E-state index in [1.807, 2.05) is 0 Å². The van der Waals surface area contributed by atoms with Crippen LogP contribution >= 0.6 is 11.8 Å². The highest BCUT2D eigenvalue weighted by Crippen LogP contribution is 2.44. The first-order valence-corrected chi connectivity index (χ1v) is 5.92. The minimum absolute atomic E-state index is 0.0641. The van der Waals surface area contributed by atoms with Crippen LogP contribution in [0, 0.1) is 0 Å². The first-order chi connectivity index (χ1) is 7.90. The van der Waals surface area contributed by atoms with Crippen molar-refractivity contribution in [3.8, 4) is 0 Å². The number of methoxy groups -OCH3 is 1. The van der Waals surface area contributed by atoms with Gasteiger partial charge in [0.05, 0.1) is 0 Å². The van der Waals surface area contributed by atoms with Gasteiger partial charge >= 0.3 is 5.97 Å². The normalized spacial score (nSPS) is 24.1. The van der Waals surface area contributed by atoms with E-state index in [9.17, 15) is 9.59 Å². The zero-order chi connectivity index (χ0) is 13.1. The maximum Gasteiger partial charge on any atom is 0.302 e. The molecular weight excluding hydrogens is 244 g/mol. The van der Waals surface area contributed by atoms with Crippen LogP contribution in [0.1, 0.15) is 20.8 Å². The van der Waals surface area contributed by atoms with Gasteiger partial charge in [0.25, 0.3) is 0 Å². The number of carbonyl (C=O) groups excluding carboxylic acids is 2. The monoisotopic (exact) mass is 260 g/mol. The molecule has 17 heavy (non-hydrogen) atoms. The number of carbonyl (C=O) groups is 2. The Morgan fingerprint density at radius 1 is 1.47 bits per heavy atom. The molecule has 0 aromatic rings. The second-order valence-electron chi connectivity index (χ2n) is 3.91. The zero-order valence-electron chi connectivity index (χ0n) is 10.4. The number of hydrogen-bond acceptors (Lipinski definition) is 6. The third kappa shape index (κ3) is 3.23. The molecule has 0 N–H and O–H groups in total. The number of hydrogen-bond donors (Lipinski definition) is 0. The van der Waals surface area contributed by atoms with Crippen molar-refractivity contribution in [1.29, 1.82) is 0 Å². The van der Waals surface area contributed by atoms with Crippen LogP contribution in [0.15, 0.2) is 11.3 Å². The van der Waals surface area contributed by atoms with E-state index in [4.69, 9.17) is 14.2 Å². The summed E-state index contributed by atoms with van der Waals surface area (Å²) in [7, 11) is 1.50. The Balaban J connectivity index is 2.83. The van der Waals surface area contributed by atoms with Crippen LogP contribution in [0.25, 0.3) is 0 Å². The van der Waals surface area contributed by atoms with Gasteiger partial charge in [-0.2, -0.15) is 0 Å². The minimum atomic E-state index is -0.661. The van der Waals surface area contributed by atoms with E-state index in [-0.39, 0.29) is 24.5 Å². The Morgan fingerprint density at radius 2 is 2.12 bits per heavy atom. The van der Waals surface area contributed by atoms with E-state index >= 15 is 0 Å². The molecule has 1 heterocycles. The van der Waals surface area contributed by atoms with E-state index < -0.39 is 4.75 Å². The SMILES string of the molecule is COCOC1=C(C)C(=O)S[C@@]1(C)COC(C)=O. The van der Waals surface area contributed by atoms with Crippen LogP contribution in [0.2, 0.25) is 0 Å². The highest BCUT2D eigenvalue weighted by Gasteiger charge is 2.44. The topological polar surface area (TPSA) is 61.8 Å². The lowest BCUT2D eigenvalue weighted by atomic mass is 10.1. The van der Waals surface area contributed by atoms with E-state index in [1.165, 1.54) is 14.0 Å². The van der Waals surface area contributed by atoms with Gasteiger partial charge < -0.3 is 14.2 Å². The molecule has 0 unspecified atom stereocenters. The van der Waals surface area contributed by atoms with E-state index in [0.717, 1.165) is 11.8 Å². The second-order valence-corrected chi connectivity index (χ2v) is 5.38. The van der Waals surface area contributed by atoms with Gasteiger partial charge in [-0.3, -0.25) is 9.59 Å². The zero-order valence-corrected chi connectivity index (χ0v) is 11.2. The molecule has 0 aromatic heterocycles. The van der Waals surface area contributed by atoms with Crippen LogP contribution < -0.4 is 0 Å². The molecule has 96 valence electrons. The predicted octanol–water partition coefficient (Wildman–Crippen LogP) is 1.48. The molecule has 0 spiro atoms. The molecule has 1 aliphatic rings. The molecule has 0 amide bonds. The molecule has 0 bridgehead atoms. The highest BCUT2D eigenvalue weighted by atomic mass is 32.2. The van der Waals surface area contributed by atoms with E-state index in [2.05, 4.69) is 0 Å². The smallest absolute Gasteiger partial charge is 0.302 e. The summed E-state index contributed by atoms with van der Waals surface area (Å²) in [6.07, 6.45) is 0. The number of esters is 1. The first-order valence-electron chi connectivity index (χ1n) is 5.10. The molecule has 1 atom stereocenters. The number of ether oxygens (including phenoxy) is 3. The summed E-state index contributed by atoms with van der Waals surface area (Å²) < 4.78 is 14.5. The summed E-state index contributed by atoms with van der Waals surface area (Å²) in [4.78, 5) is 22.5. The van der Waals surface area contributed by atoms with Crippen molar-refractivity contribution in [3.05, 3.63) is 11.3 Å². The molecule has 0 fully saturated rings. The summed E-state index contributed by atoms with van der Waals surface area (Å²) >= 11 is 1.11. The van der Waals surface area contributed by atoms with Crippen LogP contribution in [-0.4, -0.2) is 36.3 Å². The van der Waals surface area contributed by atoms with Crippen LogP contribution in [0.4, 0.5) is 0 Å². The van der Waals surface area contributed by atoms with Crippen molar-refractivity contribution in [2.45, 2.75) is 25.5 Å². The summed E-state index contributed by atoms with van der Waals surface area (Å²) in [6.45, 7) is 5.00. The quantitative estimate of drug-likeness (QED) is 0.551. The van der Waals surface area contributed by atoms with Gasteiger partial charge in [0.15, 0.2) is 6.79 Å². The third-order valence-corrected chi connectivity index (χ3v) is 3.56. The highest BCUT2D eigenvalue weighted by molar-refractivity contribution is 8.15. The fourth-order valence-electron chi connectivity index (χ4n) is 1.53. The van der Waals surface area contributed by atoms with Gasteiger partial charge in [-0.15, -0.1) is 0 Å². The summed E-state index contributed by atoms with van der Waals surface area (Å²) in [5, 5.41) is -0.0641. The standard InChI is InChI=1S/C11H16O5S/c1-7-9(16-6-14-4)11(3,17-10(7)13)5-15-8(2)12/h5-6H2,1-4H3/t11-/m0/s1. The van der Waals surface area contributed by atoms with Gasteiger partial charge in [0, 0.05) is 19.6 Å². The van der Waals surface area contributed by atoms with Crippen molar-refractivity contribution >= 4 is 22.8 Å². The molecule has 0 aromatic carbocycles. The van der Waals surface area contributed by atoms with E-state index in [1.54, 1.807) is 13.8 Å². The Labute approximate surface area is 104 Å². The molecule has 0 saturated heterocycles. The molecule has 5 nitrogen and oxygen atoms in total. The summed E-state index contributed by atoms with van der Waals surface area (Å²) in [5.41, 5.74) is 0.543. The molecule has 0 aliphatic carbocycles. The second kappa shape index (κ2) is 5.55. The largest absolute Gasteiger partial charge is 0.470 e. The Kier molecular flexibility index (Phi) is 4.59. The average Bonchev–Trinajstić information content (AvgIpc) is 2.46. The minimum Gasteiger partial charge on any atom is -0.470 e. The number of rotatable bonds is 5. The molecule has 0 saturated carbocycles. The van der Waals surface area contributed by atoms with Crippen LogP contribution in [-0.2, 0) is 23.8 Å². The average molecular weight is 260 g/mol. The lowest BCUT2D eigenvalue weighted by molar-refractivity contribution is -0.141. The van der Waals surface area contributed by atoms with Crippen molar-refractivity contribution in [2.75, 3.05) is 20.5 Å². The molecule has 0 radical (unpaired) electrons. The molecular formula is C11H16O5S. The summed E-state index contributed by atoms with van der Waals surface area (Å²) in [5.74, 6) is 0.144. The predicted molar refractivity (Wildman–Crippen MR) is 63.3 cm³/mol. The van der Waals surface area contributed by atoms with Crippen LogP contribution in [0.3, 0.4) is 0 Å². The Morgan fingerprint density at radius 3 is 2.65 bits per heavy atom. The van der Waals surface area contributed by atoms with Crippen molar-refractivity contribution in [2.24, 2.45) is 0 Å². The molecule has 6 heteroatoms. The third-order valence-electron chi connectivity index (χ3n) is 2.32. The lowest BCUT2D eigenvalue weighted by Gasteiger charge is -2.25. The maximum absolute atomic E-state index is 11.7. The fraction of sp³-hybridized carbons (Fsp3) is 0.636. The van der Waals surface area contributed by atoms with Crippen molar-refractivity contribution in [1.82, 2.24) is 0 Å². The summed E-state index contributed by atoms with van der Waals surface area (Å²) in [6, 6.07) is 0. The lowest BCUT2D eigenvalue weighted by Crippen LogP contribution is -2.30. The van der Waals surface area contributed by atoms with Gasteiger partial charge in [0.1, 0.15) is 17.1 Å². The Bertz CT molecular complexity index is 363.